The molecule has 144 valence electrons. The molecule has 3 aromatic rings. The Balaban J connectivity index is 1.96. The van der Waals surface area contributed by atoms with Crippen LogP contribution in [0.5, 0.6) is 5.75 Å². The standard InChI is InChI=1S/C20H14ClN5O3/c1-12-17(10-22)20(29)26(15-7-5-14(21)6-8-15)25-18(12)19(28)24-23-11-13-3-2-4-16(27)9-13/h2-9,11,27H,1H3,(H,24,28)/b23-11+. The third-order valence-electron chi connectivity index (χ3n) is 3.98. The summed E-state index contributed by atoms with van der Waals surface area (Å²) in [6, 6.07) is 14.3. The molecule has 29 heavy (non-hydrogen) atoms. The summed E-state index contributed by atoms with van der Waals surface area (Å²) in [5, 5.41) is 27.2. The van der Waals surface area contributed by atoms with Gasteiger partial charge in [-0.05, 0) is 48.9 Å². The van der Waals surface area contributed by atoms with Gasteiger partial charge < -0.3 is 5.11 Å². The Morgan fingerprint density at radius 3 is 2.69 bits per heavy atom. The Hall–Kier alpha value is -3.96. The van der Waals surface area contributed by atoms with E-state index in [2.05, 4.69) is 15.6 Å². The quantitative estimate of drug-likeness (QED) is 0.508. The Morgan fingerprint density at radius 2 is 2.03 bits per heavy atom. The van der Waals surface area contributed by atoms with Crippen LogP contribution in [-0.4, -0.2) is 27.0 Å². The summed E-state index contributed by atoms with van der Waals surface area (Å²) in [5.74, 6) is -0.635. The molecular weight excluding hydrogens is 394 g/mol. The molecule has 2 N–H and O–H groups in total. The minimum Gasteiger partial charge on any atom is -0.508 e. The third-order valence-corrected chi connectivity index (χ3v) is 4.24. The zero-order valence-corrected chi connectivity index (χ0v) is 15.9. The fraction of sp³-hybridized carbons (Fsp3) is 0.0500. The zero-order valence-electron chi connectivity index (χ0n) is 15.1. The number of hydrogen-bond acceptors (Lipinski definition) is 6. The summed E-state index contributed by atoms with van der Waals surface area (Å²) in [6.07, 6.45) is 1.34. The molecule has 0 radical (unpaired) electrons. The normalized spacial score (nSPS) is 10.7. The second-order valence-corrected chi connectivity index (χ2v) is 6.38. The number of hydrazone groups is 1. The average Bonchev–Trinajstić information content (AvgIpc) is 2.69. The van der Waals surface area contributed by atoms with Crippen molar-refractivity contribution < 1.29 is 9.90 Å². The van der Waals surface area contributed by atoms with Crippen LogP contribution in [0.4, 0.5) is 0 Å². The lowest BCUT2D eigenvalue weighted by atomic mass is 10.1. The fourth-order valence-electron chi connectivity index (χ4n) is 2.53. The van der Waals surface area contributed by atoms with Gasteiger partial charge in [0.2, 0.25) is 0 Å². The van der Waals surface area contributed by atoms with Gasteiger partial charge in [0, 0.05) is 10.6 Å². The van der Waals surface area contributed by atoms with E-state index in [-0.39, 0.29) is 22.6 Å². The minimum atomic E-state index is -0.696. The topological polar surface area (TPSA) is 120 Å². The number of carbonyl (C=O) groups excluding carboxylic acids is 1. The van der Waals surface area contributed by atoms with Crippen LogP contribution in [0.1, 0.15) is 27.2 Å². The van der Waals surface area contributed by atoms with Crippen LogP contribution >= 0.6 is 11.6 Å². The van der Waals surface area contributed by atoms with Crippen molar-refractivity contribution in [3.8, 4) is 17.5 Å². The van der Waals surface area contributed by atoms with E-state index in [9.17, 15) is 20.0 Å². The van der Waals surface area contributed by atoms with Crippen LogP contribution in [0.2, 0.25) is 5.02 Å². The highest BCUT2D eigenvalue weighted by molar-refractivity contribution is 6.30. The first kappa shape index (κ1) is 19.8. The van der Waals surface area contributed by atoms with Crippen LogP contribution in [0.15, 0.2) is 58.4 Å². The number of aromatic nitrogens is 2. The second kappa shape index (κ2) is 8.37. The SMILES string of the molecule is Cc1c(C(=O)N/N=C/c2cccc(O)c2)nn(-c2ccc(Cl)cc2)c(=O)c1C#N. The van der Waals surface area contributed by atoms with Crippen LogP contribution in [0, 0.1) is 18.3 Å². The number of phenols is 1. The van der Waals surface area contributed by atoms with Crippen molar-refractivity contribution in [3.05, 3.63) is 86.3 Å². The molecule has 8 nitrogen and oxygen atoms in total. The number of amides is 1. The van der Waals surface area contributed by atoms with Crippen molar-refractivity contribution in [2.24, 2.45) is 5.10 Å². The van der Waals surface area contributed by atoms with Crippen LogP contribution in [0.25, 0.3) is 5.69 Å². The van der Waals surface area contributed by atoms with E-state index in [0.29, 0.717) is 16.3 Å². The summed E-state index contributed by atoms with van der Waals surface area (Å²) >= 11 is 5.87. The number of aromatic hydroxyl groups is 1. The highest BCUT2D eigenvalue weighted by Gasteiger charge is 2.20. The number of benzene rings is 2. The second-order valence-electron chi connectivity index (χ2n) is 5.95. The molecule has 0 saturated carbocycles. The van der Waals surface area contributed by atoms with E-state index in [1.165, 1.54) is 25.3 Å². The molecule has 1 aromatic heterocycles. The van der Waals surface area contributed by atoms with E-state index >= 15 is 0 Å². The number of halogens is 1. The van der Waals surface area contributed by atoms with Crippen LogP contribution in [-0.2, 0) is 0 Å². The van der Waals surface area contributed by atoms with Crippen molar-refractivity contribution in [2.75, 3.05) is 0 Å². The van der Waals surface area contributed by atoms with Gasteiger partial charge in [-0.2, -0.15) is 20.1 Å². The average molecular weight is 408 g/mol. The molecule has 9 heteroatoms. The van der Waals surface area contributed by atoms with E-state index in [1.807, 2.05) is 6.07 Å². The minimum absolute atomic E-state index is 0.0616. The highest BCUT2D eigenvalue weighted by Crippen LogP contribution is 2.14. The number of nitriles is 1. The van der Waals surface area contributed by atoms with Gasteiger partial charge in [0.1, 0.15) is 17.4 Å². The van der Waals surface area contributed by atoms with Gasteiger partial charge in [0.25, 0.3) is 11.5 Å². The van der Waals surface area contributed by atoms with Gasteiger partial charge in [-0.3, -0.25) is 9.59 Å². The first-order valence-corrected chi connectivity index (χ1v) is 8.71. The molecule has 0 saturated heterocycles. The Labute approximate surface area is 170 Å². The lowest BCUT2D eigenvalue weighted by Gasteiger charge is -2.10. The van der Waals surface area contributed by atoms with Gasteiger partial charge in [0.15, 0.2) is 5.69 Å². The number of nitrogens with one attached hydrogen (secondary N) is 1. The smallest absolute Gasteiger partial charge is 0.292 e. The monoisotopic (exact) mass is 407 g/mol. The van der Waals surface area contributed by atoms with Gasteiger partial charge >= 0.3 is 0 Å². The number of hydrogen-bond donors (Lipinski definition) is 2. The predicted octanol–water partition coefficient (Wildman–Crippen LogP) is 2.54. The first-order valence-electron chi connectivity index (χ1n) is 8.33. The fourth-order valence-corrected chi connectivity index (χ4v) is 2.66. The Bertz CT molecular complexity index is 1210. The Morgan fingerprint density at radius 1 is 1.31 bits per heavy atom. The summed E-state index contributed by atoms with van der Waals surface area (Å²) in [6.45, 7) is 1.47. The largest absolute Gasteiger partial charge is 0.508 e. The van der Waals surface area contributed by atoms with E-state index in [1.54, 1.807) is 36.4 Å². The third kappa shape index (κ3) is 4.31. The Kier molecular flexibility index (Phi) is 5.71. The number of nitrogens with zero attached hydrogens (tertiary/aromatic N) is 4. The summed E-state index contributed by atoms with van der Waals surface area (Å²) in [5.41, 5.74) is 2.41. The molecule has 0 bridgehead atoms. The van der Waals surface area contributed by atoms with Crippen molar-refractivity contribution in [2.45, 2.75) is 6.92 Å². The lowest BCUT2D eigenvalue weighted by Crippen LogP contribution is -2.31. The molecule has 0 fully saturated rings. The lowest BCUT2D eigenvalue weighted by molar-refractivity contribution is 0.0947. The molecule has 0 spiro atoms. The summed E-state index contributed by atoms with van der Waals surface area (Å²) < 4.78 is 0.968. The molecular formula is C20H14ClN5O3. The van der Waals surface area contributed by atoms with Crippen molar-refractivity contribution in [1.29, 1.82) is 5.26 Å². The predicted molar refractivity (Wildman–Crippen MR) is 107 cm³/mol. The van der Waals surface area contributed by atoms with Gasteiger partial charge in [-0.25, -0.2) is 5.43 Å². The molecule has 1 heterocycles. The van der Waals surface area contributed by atoms with E-state index in [0.717, 1.165) is 4.68 Å². The summed E-state index contributed by atoms with van der Waals surface area (Å²) in [7, 11) is 0. The molecule has 0 aliphatic rings. The van der Waals surface area contributed by atoms with Crippen LogP contribution in [0.3, 0.4) is 0 Å². The maximum absolute atomic E-state index is 12.6. The van der Waals surface area contributed by atoms with Gasteiger partial charge in [-0.15, -0.1) is 0 Å². The van der Waals surface area contributed by atoms with Crippen molar-refractivity contribution in [1.82, 2.24) is 15.2 Å². The molecule has 2 aromatic carbocycles. The highest BCUT2D eigenvalue weighted by atomic mass is 35.5. The number of phenolic OH excluding ortho intramolecular Hbond substituents is 1. The number of carbonyl (C=O) groups is 1. The van der Waals surface area contributed by atoms with E-state index in [4.69, 9.17) is 11.6 Å². The maximum atomic E-state index is 12.6. The van der Waals surface area contributed by atoms with Crippen molar-refractivity contribution >= 4 is 23.7 Å². The molecule has 0 unspecified atom stereocenters. The molecule has 0 aliphatic carbocycles. The molecule has 0 aliphatic heterocycles. The molecule has 1 amide bonds. The first-order chi connectivity index (χ1) is 13.9. The van der Waals surface area contributed by atoms with Gasteiger partial charge in [0.05, 0.1) is 11.9 Å². The van der Waals surface area contributed by atoms with Gasteiger partial charge in [-0.1, -0.05) is 23.7 Å². The molecule has 3 rings (SSSR count). The molecule has 0 atom stereocenters. The summed E-state index contributed by atoms with van der Waals surface area (Å²) in [4.78, 5) is 25.1. The van der Waals surface area contributed by atoms with E-state index < -0.39 is 11.5 Å². The maximum Gasteiger partial charge on any atom is 0.292 e. The number of rotatable bonds is 4. The van der Waals surface area contributed by atoms with Crippen molar-refractivity contribution in [3.63, 3.8) is 0 Å². The zero-order chi connectivity index (χ0) is 21.0. The van der Waals surface area contributed by atoms with Crippen LogP contribution < -0.4 is 11.0 Å².